The van der Waals surface area contributed by atoms with E-state index in [1.54, 1.807) is 0 Å². The molecule has 2 heteroatoms. The van der Waals surface area contributed by atoms with Crippen LogP contribution in [0.4, 0.5) is 0 Å². The lowest BCUT2D eigenvalue weighted by atomic mass is 9.95. The van der Waals surface area contributed by atoms with Crippen molar-refractivity contribution in [2.24, 2.45) is 11.7 Å². The molecule has 0 rings (SSSR count). The average Bonchev–Trinajstić information content (AvgIpc) is 2.26. The maximum Gasteiger partial charge on any atom is 0.0693 e. The maximum atomic E-state index is 9.80. The smallest absolute Gasteiger partial charge is 0.0693 e. The van der Waals surface area contributed by atoms with Crippen molar-refractivity contribution >= 4 is 0 Å². The van der Waals surface area contributed by atoms with Crippen LogP contribution < -0.4 is 5.73 Å². The fourth-order valence-corrected chi connectivity index (χ4v) is 1.95. The van der Waals surface area contributed by atoms with Crippen molar-refractivity contribution in [2.45, 2.75) is 84.3 Å². The molecule has 0 spiro atoms. The minimum Gasteiger partial charge on any atom is -0.392 e. The monoisotopic (exact) mass is 229 g/mol. The summed E-state index contributed by atoms with van der Waals surface area (Å²) in [6.07, 6.45) is 9.61. The highest BCUT2D eigenvalue weighted by Crippen LogP contribution is 2.13. The number of nitrogens with two attached hydrogens (primary N) is 1. The number of rotatable bonds is 10. The Morgan fingerprint density at radius 3 is 1.94 bits per heavy atom. The molecule has 0 saturated carbocycles. The van der Waals surface area contributed by atoms with E-state index in [1.165, 1.54) is 38.5 Å². The molecule has 2 nitrogen and oxygen atoms in total. The molecule has 0 aromatic rings. The molecule has 0 aromatic heterocycles. The zero-order chi connectivity index (χ0) is 12.4. The van der Waals surface area contributed by atoms with E-state index in [0.29, 0.717) is 5.92 Å². The SMILES string of the molecule is CCCCCCCCC[C@@H](O)[C@@H](N)C(C)C. The Balaban J connectivity index is 3.31. The second-order valence-corrected chi connectivity index (χ2v) is 5.30. The van der Waals surface area contributed by atoms with Crippen molar-refractivity contribution in [1.82, 2.24) is 0 Å². The maximum absolute atomic E-state index is 9.80. The van der Waals surface area contributed by atoms with Crippen LogP contribution in [0.15, 0.2) is 0 Å². The summed E-state index contributed by atoms with van der Waals surface area (Å²) in [5, 5.41) is 9.80. The van der Waals surface area contributed by atoms with Crippen LogP contribution in [0.3, 0.4) is 0 Å². The van der Waals surface area contributed by atoms with Gasteiger partial charge in [-0.1, -0.05) is 65.7 Å². The normalized spacial score (nSPS) is 15.4. The summed E-state index contributed by atoms with van der Waals surface area (Å²) in [5.74, 6) is 0.375. The van der Waals surface area contributed by atoms with Crippen LogP contribution in [-0.2, 0) is 0 Å². The molecule has 2 atom stereocenters. The Hall–Kier alpha value is -0.0800. The van der Waals surface area contributed by atoms with Gasteiger partial charge in [-0.05, 0) is 12.3 Å². The molecule has 0 aliphatic carbocycles. The summed E-state index contributed by atoms with van der Waals surface area (Å²) in [7, 11) is 0. The van der Waals surface area contributed by atoms with E-state index in [4.69, 9.17) is 5.73 Å². The van der Waals surface area contributed by atoms with Crippen LogP contribution in [0.5, 0.6) is 0 Å². The molecular formula is C14H31NO. The van der Waals surface area contributed by atoms with Crippen LogP contribution in [0.2, 0.25) is 0 Å². The zero-order valence-electron chi connectivity index (χ0n) is 11.4. The first-order valence-electron chi connectivity index (χ1n) is 7.03. The molecule has 0 aromatic carbocycles. The van der Waals surface area contributed by atoms with E-state index in [-0.39, 0.29) is 12.1 Å². The van der Waals surface area contributed by atoms with Crippen molar-refractivity contribution in [2.75, 3.05) is 0 Å². The van der Waals surface area contributed by atoms with Gasteiger partial charge in [-0.3, -0.25) is 0 Å². The Morgan fingerprint density at radius 1 is 0.938 bits per heavy atom. The molecule has 0 radical (unpaired) electrons. The molecule has 0 heterocycles. The minimum absolute atomic E-state index is 0.0555. The van der Waals surface area contributed by atoms with E-state index in [1.807, 2.05) is 0 Å². The molecule has 0 bridgehead atoms. The Kier molecular flexibility index (Phi) is 10.0. The topological polar surface area (TPSA) is 46.2 Å². The van der Waals surface area contributed by atoms with Crippen molar-refractivity contribution in [1.29, 1.82) is 0 Å². The predicted molar refractivity (Wildman–Crippen MR) is 71.4 cm³/mol. The van der Waals surface area contributed by atoms with Crippen molar-refractivity contribution < 1.29 is 5.11 Å². The van der Waals surface area contributed by atoms with Gasteiger partial charge in [0, 0.05) is 6.04 Å². The minimum atomic E-state index is -0.310. The summed E-state index contributed by atoms with van der Waals surface area (Å²) in [6.45, 7) is 6.38. The van der Waals surface area contributed by atoms with Crippen LogP contribution in [0.1, 0.15) is 72.1 Å². The van der Waals surface area contributed by atoms with Gasteiger partial charge in [0.15, 0.2) is 0 Å². The molecule has 0 unspecified atom stereocenters. The third-order valence-corrected chi connectivity index (χ3v) is 3.32. The van der Waals surface area contributed by atoms with Gasteiger partial charge < -0.3 is 10.8 Å². The van der Waals surface area contributed by atoms with Gasteiger partial charge in [0.1, 0.15) is 0 Å². The van der Waals surface area contributed by atoms with E-state index < -0.39 is 0 Å². The van der Waals surface area contributed by atoms with Crippen molar-refractivity contribution in [3.8, 4) is 0 Å². The first kappa shape index (κ1) is 15.9. The second-order valence-electron chi connectivity index (χ2n) is 5.30. The number of unbranched alkanes of at least 4 members (excludes halogenated alkanes) is 6. The van der Waals surface area contributed by atoms with E-state index in [2.05, 4.69) is 20.8 Å². The Morgan fingerprint density at radius 2 is 1.44 bits per heavy atom. The van der Waals surface area contributed by atoms with Gasteiger partial charge in [-0.15, -0.1) is 0 Å². The summed E-state index contributed by atoms with van der Waals surface area (Å²) in [4.78, 5) is 0. The van der Waals surface area contributed by atoms with Crippen LogP contribution in [0, 0.1) is 5.92 Å². The standard InChI is InChI=1S/C14H31NO/c1-4-5-6-7-8-9-10-11-13(16)14(15)12(2)3/h12-14,16H,4-11,15H2,1-3H3/t13-,14+/m1/s1. The van der Waals surface area contributed by atoms with E-state index >= 15 is 0 Å². The molecule has 16 heavy (non-hydrogen) atoms. The van der Waals surface area contributed by atoms with Gasteiger partial charge in [0.2, 0.25) is 0 Å². The lowest BCUT2D eigenvalue weighted by Gasteiger charge is -2.21. The van der Waals surface area contributed by atoms with Gasteiger partial charge in [-0.25, -0.2) is 0 Å². The Labute approximate surface area is 102 Å². The van der Waals surface area contributed by atoms with Crippen LogP contribution >= 0.6 is 0 Å². The van der Waals surface area contributed by atoms with Gasteiger partial charge in [0.05, 0.1) is 6.10 Å². The molecule has 0 aliphatic rings. The first-order valence-corrected chi connectivity index (χ1v) is 7.03. The number of aliphatic hydroxyl groups is 1. The first-order chi connectivity index (χ1) is 7.59. The summed E-state index contributed by atoms with van der Waals surface area (Å²) >= 11 is 0. The number of hydrogen-bond donors (Lipinski definition) is 2. The molecule has 98 valence electrons. The highest BCUT2D eigenvalue weighted by atomic mass is 16.3. The summed E-state index contributed by atoms with van der Waals surface area (Å²) in [6, 6.07) is -0.0555. The lowest BCUT2D eigenvalue weighted by molar-refractivity contribution is 0.113. The third-order valence-electron chi connectivity index (χ3n) is 3.32. The molecular weight excluding hydrogens is 198 g/mol. The number of hydrogen-bond acceptors (Lipinski definition) is 2. The van der Waals surface area contributed by atoms with Crippen molar-refractivity contribution in [3.05, 3.63) is 0 Å². The molecule has 0 saturated heterocycles. The fourth-order valence-electron chi connectivity index (χ4n) is 1.95. The Bertz CT molecular complexity index is 148. The lowest BCUT2D eigenvalue weighted by Crippen LogP contribution is -2.39. The molecule has 3 N–H and O–H groups in total. The number of aliphatic hydroxyl groups excluding tert-OH is 1. The van der Waals surface area contributed by atoms with Crippen molar-refractivity contribution in [3.63, 3.8) is 0 Å². The van der Waals surface area contributed by atoms with Gasteiger partial charge in [0.25, 0.3) is 0 Å². The van der Waals surface area contributed by atoms with Gasteiger partial charge >= 0.3 is 0 Å². The highest BCUT2D eigenvalue weighted by Gasteiger charge is 2.17. The molecule has 0 aliphatic heterocycles. The van der Waals surface area contributed by atoms with Crippen LogP contribution in [-0.4, -0.2) is 17.3 Å². The molecule has 0 amide bonds. The molecule has 0 fully saturated rings. The third kappa shape index (κ3) is 8.12. The quantitative estimate of drug-likeness (QED) is 0.563. The second kappa shape index (κ2) is 10.1. The van der Waals surface area contributed by atoms with E-state index in [0.717, 1.165) is 12.8 Å². The van der Waals surface area contributed by atoms with E-state index in [9.17, 15) is 5.11 Å². The van der Waals surface area contributed by atoms with Crippen LogP contribution in [0.25, 0.3) is 0 Å². The largest absolute Gasteiger partial charge is 0.392 e. The fraction of sp³-hybridized carbons (Fsp3) is 1.00. The average molecular weight is 229 g/mol. The summed E-state index contributed by atoms with van der Waals surface area (Å²) < 4.78 is 0. The highest BCUT2D eigenvalue weighted by molar-refractivity contribution is 4.74. The van der Waals surface area contributed by atoms with Gasteiger partial charge in [-0.2, -0.15) is 0 Å². The summed E-state index contributed by atoms with van der Waals surface area (Å²) in [5.41, 5.74) is 5.89. The zero-order valence-corrected chi connectivity index (χ0v) is 11.4. The predicted octanol–water partition coefficient (Wildman–Crippen LogP) is 3.47.